The summed E-state index contributed by atoms with van der Waals surface area (Å²) in [5.74, 6) is -0.463. The summed E-state index contributed by atoms with van der Waals surface area (Å²) in [6.45, 7) is 6.32. The second-order valence-electron chi connectivity index (χ2n) is 6.32. The highest BCUT2D eigenvalue weighted by atomic mass is 16.5. The summed E-state index contributed by atoms with van der Waals surface area (Å²) in [7, 11) is 3.24. The van der Waals surface area contributed by atoms with Gasteiger partial charge in [-0.25, -0.2) is 0 Å². The predicted octanol–water partition coefficient (Wildman–Crippen LogP) is 2.08. The third-order valence-electron chi connectivity index (χ3n) is 4.38. The molecule has 26 heavy (non-hydrogen) atoms. The minimum atomic E-state index is -0.236. The van der Waals surface area contributed by atoms with Gasteiger partial charge >= 0.3 is 0 Å². The van der Waals surface area contributed by atoms with Crippen molar-refractivity contribution in [3.63, 3.8) is 0 Å². The highest BCUT2D eigenvalue weighted by molar-refractivity contribution is 6.35. The minimum Gasteiger partial charge on any atom is -0.383 e. The summed E-state index contributed by atoms with van der Waals surface area (Å²) < 4.78 is 10.4. The van der Waals surface area contributed by atoms with Crippen LogP contribution in [-0.4, -0.2) is 68.7 Å². The van der Waals surface area contributed by atoms with Crippen molar-refractivity contribution >= 4 is 17.4 Å². The Morgan fingerprint density at radius 1 is 0.962 bits per heavy atom. The van der Waals surface area contributed by atoms with E-state index < -0.39 is 0 Å². The molecule has 1 heterocycles. The lowest BCUT2D eigenvalue weighted by atomic mass is 10.0. The van der Waals surface area contributed by atoms with Crippen LogP contribution in [0.3, 0.4) is 0 Å². The Morgan fingerprint density at radius 3 is 2.04 bits per heavy atom. The first-order valence-corrected chi connectivity index (χ1v) is 8.95. The van der Waals surface area contributed by atoms with Gasteiger partial charge in [-0.15, -0.1) is 0 Å². The molecule has 2 rings (SSSR count). The van der Waals surface area contributed by atoms with Crippen LogP contribution >= 0.6 is 0 Å². The van der Waals surface area contributed by atoms with Crippen molar-refractivity contribution in [3.8, 4) is 0 Å². The first-order valence-electron chi connectivity index (χ1n) is 8.95. The number of aryl methyl sites for hydroxylation is 1. The van der Waals surface area contributed by atoms with Crippen molar-refractivity contribution < 1.29 is 19.1 Å². The molecule has 2 amide bonds. The van der Waals surface area contributed by atoms with Gasteiger partial charge in [0.1, 0.15) is 5.70 Å². The maximum Gasteiger partial charge on any atom is 0.277 e. The molecule has 0 unspecified atom stereocenters. The van der Waals surface area contributed by atoms with Crippen LogP contribution < -0.4 is 0 Å². The summed E-state index contributed by atoms with van der Waals surface area (Å²) in [5, 5.41) is 0. The zero-order valence-electron chi connectivity index (χ0n) is 16.1. The summed E-state index contributed by atoms with van der Waals surface area (Å²) in [6.07, 6.45) is 0.724. The quantitative estimate of drug-likeness (QED) is 0.598. The van der Waals surface area contributed by atoms with Crippen molar-refractivity contribution in [1.29, 1.82) is 0 Å². The molecule has 1 aromatic rings. The van der Waals surface area contributed by atoms with Gasteiger partial charge in [-0.3, -0.25) is 14.5 Å². The number of imide groups is 1. The van der Waals surface area contributed by atoms with Gasteiger partial charge in [0.25, 0.3) is 11.8 Å². The second kappa shape index (κ2) is 9.50. The number of ether oxygens (including phenoxy) is 2. The first-order chi connectivity index (χ1) is 12.5. The molecule has 6 heteroatoms. The number of benzene rings is 1. The van der Waals surface area contributed by atoms with E-state index in [4.69, 9.17) is 9.47 Å². The largest absolute Gasteiger partial charge is 0.383 e. The molecule has 0 saturated heterocycles. The van der Waals surface area contributed by atoms with Crippen molar-refractivity contribution in [2.45, 2.75) is 20.3 Å². The van der Waals surface area contributed by atoms with E-state index in [0.717, 1.165) is 17.5 Å². The van der Waals surface area contributed by atoms with Gasteiger partial charge in [-0.2, -0.15) is 0 Å². The second-order valence-corrected chi connectivity index (χ2v) is 6.32. The average Bonchev–Trinajstić information content (AvgIpc) is 2.88. The third-order valence-corrected chi connectivity index (χ3v) is 4.38. The van der Waals surface area contributed by atoms with Crippen LogP contribution in [0, 0.1) is 6.92 Å². The Labute approximate surface area is 155 Å². The van der Waals surface area contributed by atoms with E-state index in [1.165, 1.54) is 4.90 Å². The van der Waals surface area contributed by atoms with E-state index in [-0.39, 0.29) is 11.8 Å². The molecule has 142 valence electrons. The molecule has 6 nitrogen and oxygen atoms in total. The van der Waals surface area contributed by atoms with Crippen LogP contribution in [0.5, 0.6) is 0 Å². The molecule has 0 N–H and O–H groups in total. The Bertz CT molecular complexity index is 659. The van der Waals surface area contributed by atoms with Crippen molar-refractivity contribution in [2.24, 2.45) is 0 Å². The SMILES string of the molecule is CCCN1C(=O)C(c2ccc(C)cc2)=C(N(CCOC)CCOC)C1=O. The predicted molar refractivity (Wildman–Crippen MR) is 100 cm³/mol. The van der Waals surface area contributed by atoms with Crippen LogP contribution in [0.2, 0.25) is 0 Å². The van der Waals surface area contributed by atoms with Crippen LogP contribution in [-0.2, 0) is 19.1 Å². The minimum absolute atomic E-state index is 0.226. The maximum absolute atomic E-state index is 13.0. The number of hydrogen-bond acceptors (Lipinski definition) is 5. The van der Waals surface area contributed by atoms with Crippen LogP contribution in [0.25, 0.3) is 5.57 Å². The van der Waals surface area contributed by atoms with Gasteiger partial charge in [-0.05, 0) is 18.9 Å². The highest BCUT2D eigenvalue weighted by Gasteiger charge is 2.40. The third kappa shape index (κ3) is 4.31. The highest BCUT2D eigenvalue weighted by Crippen LogP contribution is 2.31. The molecular weight excluding hydrogens is 332 g/mol. The van der Waals surface area contributed by atoms with E-state index in [1.807, 2.05) is 43.0 Å². The number of hydrogen-bond donors (Lipinski definition) is 0. The fraction of sp³-hybridized carbons (Fsp3) is 0.500. The average molecular weight is 360 g/mol. The number of nitrogens with zero attached hydrogens (tertiary/aromatic N) is 2. The summed E-state index contributed by atoms with van der Waals surface area (Å²) >= 11 is 0. The molecule has 0 aromatic heterocycles. The molecule has 0 saturated carbocycles. The first kappa shape index (κ1) is 20.1. The molecule has 0 atom stereocenters. The van der Waals surface area contributed by atoms with Crippen LogP contribution in [0.4, 0.5) is 0 Å². The Hall–Kier alpha value is -2.18. The molecule has 0 spiro atoms. The standard InChI is InChI=1S/C20H28N2O4/c1-5-10-22-19(23)17(16-8-6-15(2)7-9-16)18(20(22)24)21(11-13-25-3)12-14-26-4/h6-9H,5,10-14H2,1-4H3. The number of rotatable bonds is 10. The Morgan fingerprint density at radius 2 is 1.54 bits per heavy atom. The fourth-order valence-corrected chi connectivity index (χ4v) is 3.00. The van der Waals surface area contributed by atoms with Crippen molar-refractivity contribution in [1.82, 2.24) is 9.80 Å². The van der Waals surface area contributed by atoms with Crippen molar-refractivity contribution in [2.75, 3.05) is 47.1 Å². The van der Waals surface area contributed by atoms with E-state index in [0.29, 0.717) is 44.1 Å². The maximum atomic E-state index is 13.0. The lowest BCUT2D eigenvalue weighted by molar-refractivity contribution is -0.137. The fourth-order valence-electron chi connectivity index (χ4n) is 3.00. The molecule has 1 aliphatic rings. The molecule has 0 aliphatic carbocycles. The Balaban J connectivity index is 2.51. The van der Waals surface area contributed by atoms with E-state index in [9.17, 15) is 9.59 Å². The van der Waals surface area contributed by atoms with Gasteiger partial charge < -0.3 is 14.4 Å². The molecular formula is C20H28N2O4. The number of carbonyl (C=O) groups excluding carboxylic acids is 2. The smallest absolute Gasteiger partial charge is 0.277 e. The summed E-state index contributed by atoms with van der Waals surface area (Å²) in [4.78, 5) is 29.3. The van der Waals surface area contributed by atoms with E-state index in [1.54, 1.807) is 14.2 Å². The van der Waals surface area contributed by atoms with Gasteiger partial charge in [0.15, 0.2) is 0 Å². The van der Waals surface area contributed by atoms with Crippen LogP contribution in [0.15, 0.2) is 30.0 Å². The Kier molecular flexibility index (Phi) is 7.36. The normalized spacial score (nSPS) is 14.5. The van der Waals surface area contributed by atoms with Crippen LogP contribution in [0.1, 0.15) is 24.5 Å². The molecule has 1 aliphatic heterocycles. The lowest BCUT2D eigenvalue weighted by Crippen LogP contribution is -2.38. The molecule has 0 bridgehead atoms. The molecule has 0 radical (unpaired) electrons. The lowest BCUT2D eigenvalue weighted by Gasteiger charge is -2.25. The monoisotopic (exact) mass is 360 g/mol. The number of carbonyl (C=O) groups is 2. The molecule has 1 aromatic carbocycles. The van der Waals surface area contributed by atoms with Gasteiger partial charge in [-0.1, -0.05) is 36.8 Å². The van der Waals surface area contributed by atoms with Gasteiger partial charge in [0.05, 0.1) is 18.8 Å². The van der Waals surface area contributed by atoms with E-state index >= 15 is 0 Å². The topological polar surface area (TPSA) is 59.1 Å². The van der Waals surface area contributed by atoms with Gasteiger partial charge in [0, 0.05) is 33.9 Å². The zero-order chi connectivity index (χ0) is 19.1. The van der Waals surface area contributed by atoms with Gasteiger partial charge in [0.2, 0.25) is 0 Å². The number of amides is 2. The van der Waals surface area contributed by atoms with E-state index in [2.05, 4.69) is 0 Å². The van der Waals surface area contributed by atoms with Crippen molar-refractivity contribution in [3.05, 3.63) is 41.1 Å². The zero-order valence-corrected chi connectivity index (χ0v) is 16.1. The molecule has 0 fully saturated rings. The summed E-state index contributed by atoms with van der Waals surface area (Å²) in [6, 6.07) is 7.70. The number of methoxy groups -OCH3 is 2. The summed E-state index contributed by atoms with van der Waals surface area (Å²) in [5.41, 5.74) is 2.79.